The number of nitrogens with zero attached hydrogens (tertiary/aromatic N) is 1. The van der Waals surface area contributed by atoms with E-state index in [1.54, 1.807) is 13.8 Å². The average Bonchev–Trinajstić information content (AvgIpc) is 2.09. The van der Waals surface area contributed by atoms with Crippen LogP contribution >= 0.6 is 0 Å². The van der Waals surface area contributed by atoms with Crippen LogP contribution in [0.3, 0.4) is 0 Å². The van der Waals surface area contributed by atoms with Crippen LogP contribution in [0.2, 0.25) is 0 Å². The van der Waals surface area contributed by atoms with Gasteiger partial charge >= 0.3 is 5.97 Å². The number of esters is 1. The van der Waals surface area contributed by atoms with Gasteiger partial charge in [0.25, 0.3) is 0 Å². The Balaban J connectivity index is 4.11. The van der Waals surface area contributed by atoms with Crippen molar-refractivity contribution in [2.75, 3.05) is 20.2 Å². The van der Waals surface area contributed by atoms with Crippen molar-refractivity contribution in [3.63, 3.8) is 0 Å². The monoisotopic (exact) mass is 217 g/mol. The summed E-state index contributed by atoms with van der Waals surface area (Å²) in [6.07, 6.45) is 0.641. The first-order valence-corrected chi connectivity index (χ1v) is 5.29. The van der Waals surface area contributed by atoms with Gasteiger partial charge in [-0.3, -0.25) is 9.69 Å². The molecule has 0 saturated heterocycles. The molecule has 0 amide bonds. The van der Waals surface area contributed by atoms with Crippen LogP contribution in [-0.2, 0) is 9.53 Å². The van der Waals surface area contributed by atoms with Crippen molar-refractivity contribution in [3.8, 4) is 0 Å². The first-order valence-electron chi connectivity index (χ1n) is 5.29. The van der Waals surface area contributed by atoms with E-state index in [0.717, 1.165) is 0 Å². The molecule has 0 atom stereocenters. The van der Waals surface area contributed by atoms with E-state index < -0.39 is 5.60 Å². The minimum absolute atomic E-state index is 0.237. The van der Waals surface area contributed by atoms with Gasteiger partial charge < -0.3 is 9.84 Å². The summed E-state index contributed by atoms with van der Waals surface area (Å²) in [7, 11) is 1.39. The summed E-state index contributed by atoms with van der Waals surface area (Å²) < 4.78 is 4.62. The number of ether oxygens (including phenoxy) is 1. The lowest BCUT2D eigenvalue weighted by Gasteiger charge is -2.28. The molecule has 0 bridgehead atoms. The van der Waals surface area contributed by atoms with Gasteiger partial charge in [-0.05, 0) is 34.1 Å². The molecule has 0 heterocycles. The SMILES string of the molecule is COC(=O)CN(CCC(C)(C)O)C(C)C. The quantitative estimate of drug-likeness (QED) is 0.675. The molecular formula is C11H23NO3. The first kappa shape index (κ1) is 14.4. The molecule has 15 heavy (non-hydrogen) atoms. The third-order valence-corrected chi connectivity index (χ3v) is 2.30. The van der Waals surface area contributed by atoms with Crippen LogP contribution in [0.5, 0.6) is 0 Å². The van der Waals surface area contributed by atoms with E-state index >= 15 is 0 Å². The maximum Gasteiger partial charge on any atom is 0.319 e. The van der Waals surface area contributed by atoms with Gasteiger partial charge in [-0.1, -0.05) is 0 Å². The minimum atomic E-state index is -0.691. The molecule has 0 saturated carbocycles. The fourth-order valence-corrected chi connectivity index (χ4v) is 1.17. The molecular weight excluding hydrogens is 194 g/mol. The fourth-order valence-electron chi connectivity index (χ4n) is 1.17. The Morgan fingerprint density at radius 2 is 2.00 bits per heavy atom. The van der Waals surface area contributed by atoms with Crippen LogP contribution in [0.4, 0.5) is 0 Å². The van der Waals surface area contributed by atoms with Crippen LogP contribution in [0.15, 0.2) is 0 Å². The second-order valence-electron chi connectivity index (χ2n) is 4.70. The van der Waals surface area contributed by atoms with Gasteiger partial charge in [0.2, 0.25) is 0 Å². The molecule has 4 heteroatoms. The van der Waals surface area contributed by atoms with Crippen LogP contribution in [0.25, 0.3) is 0 Å². The van der Waals surface area contributed by atoms with E-state index in [-0.39, 0.29) is 18.6 Å². The highest BCUT2D eigenvalue weighted by atomic mass is 16.5. The lowest BCUT2D eigenvalue weighted by molar-refractivity contribution is -0.142. The van der Waals surface area contributed by atoms with E-state index in [0.29, 0.717) is 13.0 Å². The topological polar surface area (TPSA) is 49.8 Å². The van der Waals surface area contributed by atoms with Gasteiger partial charge in [-0.2, -0.15) is 0 Å². The van der Waals surface area contributed by atoms with Crippen molar-refractivity contribution in [1.82, 2.24) is 4.90 Å². The van der Waals surface area contributed by atoms with E-state index in [1.807, 2.05) is 18.7 Å². The number of hydrogen-bond acceptors (Lipinski definition) is 4. The average molecular weight is 217 g/mol. The summed E-state index contributed by atoms with van der Waals surface area (Å²) in [5.41, 5.74) is -0.691. The van der Waals surface area contributed by atoms with Crippen molar-refractivity contribution < 1.29 is 14.6 Å². The Bertz CT molecular complexity index is 196. The third-order valence-electron chi connectivity index (χ3n) is 2.30. The summed E-state index contributed by atoms with van der Waals surface area (Å²) in [5.74, 6) is -0.237. The molecule has 0 aliphatic rings. The third kappa shape index (κ3) is 7.33. The predicted octanol–water partition coefficient (Wildman–Crippen LogP) is 1.03. The Morgan fingerprint density at radius 1 is 1.47 bits per heavy atom. The largest absolute Gasteiger partial charge is 0.468 e. The molecule has 0 aliphatic heterocycles. The van der Waals surface area contributed by atoms with Crippen LogP contribution in [0.1, 0.15) is 34.1 Å². The number of hydrogen-bond donors (Lipinski definition) is 1. The molecule has 1 N–H and O–H groups in total. The Kier molecular flexibility index (Phi) is 5.83. The molecule has 0 aromatic carbocycles. The molecule has 0 spiro atoms. The highest BCUT2D eigenvalue weighted by Crippen LogP contribution is 2.10. The lowest BCUT2D eigenvalue weighted by atomic mass is 10.1. The van der Waals surface area contributed by atoms with Crippen LogP contribution < -0.4 is 0 Å². The maximum atomic E-state index is 11.1. The van der Waals surface area contributed by atoms with Crippen molar-refractivity contribution >= 4 is 5.97 Å². The summed E-state index contributed by atoms with van der Waals surface area (Å²) in [6, 6.07) is 0.270. The standard InChI is InChI=1S/C11H23NO3/c1-9(2)12(8-10(13)15-5)7-6-11(3,4)14/h9,14H,6-8H2,1-5H3. The van der Waals surface area contributed by atoms with Gasteiger partial charge in [-0.15, -0.1) is 0 Å². The van der Waals surface area contributed by atoms with Crippen molar-refractivity contribution in [2.45, 2.75) is 45.8 Å². The molecule has 0 aliphatic carbocycles. The highest BCUT2D eigenvalue weighted by Gasteiger charge is 2.18. The normalized spacial score (nSPS) is 12.3. The van der Waals surface area contributed by atoms with Gasteiger partial charge in [0.1, 0.15) is 0 Å². The molecule has 0 radical (unpaired) electrons. The van der Waals surface area contributed by atoms with Crippen LogP contribution in [0, 0.1) is 0 Å². The van der Waals surface area contributed by atoms with E-state index in [1.165, 1.54) is 7.11 Å². The number of carbonyl (C=O) groups excluding carboxylic acids is 1. The smallest absolute Gasteiger partial charge is 0.319 e. The number of aliphatic hydroxyl groups is 1. The van der Waals surface area contributed by atoms with Crippen LogP contribution in [-0.4, -0.2) is 47.8 Å². The second kappa shape index (κ2) is 6.08. The number of carbonyl (C=O) groups is 1. The fraction of sp³-hybridized carbons (Fsp3) is 0.909. The lowest BCUT2D eigenvalue weighted by Crippen LogP contribution is -2.39. The second-order valence-corrected chi connectivity index (χ2v) is 4.70. The number of methoxy groups -OCH3 is 1. The zero-order valence-electron chi connectivity index (χ0n) is 10.4. The molecule has 0 fully saturated rings. The number of rotatable bonds is 6. The van der Waals surface area contributed by atoms with Gasteiger partial charge in [-0.25, -0.2) is 0 Å². The molecule has 90 valence electrons. The highest BCUT2D eigenvalue weighted by molar-refractivity contribution is 5.71. The Hall–Kier alpha value is -0.610. The first-order chi connectivity index (χ1) is 6.76. The van der Waals surface area contributed by atoms with Crippen molar-refractivity contribution in [3.05, 3.63) is 0 Å². The van der Waals surface area contributed by atoms with Crippen molar-refractivity contribution in [1.29, 1.82) is 0 Å². The predicted molar refractivity (Wildman–Crippen MR) is 59.6 cm³/mol. The zero-order chi connectivity index (χ0) is 12.1. The van der Waals surface area contributed by atoms with E-state index in [2.05, 4.69) is 4.74 Å². The molecule has 0 aromatic rings. The van der Waals surface area contributed by atoms with E-state index in [9.17, 15) is 9.90 Å². The summed E-state index contributed by atoms with van der Waals surface area (Å²) in [5, 5.41) is 9.60. The zero-order valence-corrected chi connectivity index (χ0v) is 10.4. The molecule has 4 nitrogen and oxygen atoms in total. The minimum Gasteiger partial charge on any atom is -0.468 e. The maximum absolute atomic E-state index is 11.1. The van der Waals surface area contributed by atoms with Crippen molar-refractivity contribution in [2.24, 2.45) is 0 Å². The summed E-state index contributed by atoms with van der Waals surface area (Å²) in [4.78, 5) is 13.1. The summed E-state index contributed by atoms with van der Waals surface area (Å²) >= 11 is 0. The van der Waals surface area contributed by atoms with Gasteiger partial charge in [0, 0.05) is 12.6 Å². The Labute approximate surface area is 92.2 Å². The van der Waals surface area contributed by atoms with E-state index in [4.69, 9.17) is 0 Å². The molecule has 0 unspecified atom stereocenters. The molecule has 0 rings (SSSR count). The Morgan fingerprint density at radius 3 is 2.33 bits per heavy atom. The molecule has 0 aromatic heterocycles. The summed E-state index contributed by atoms with van der Waals surface area (Å²) in [6.45, 7) is 8.55. The van der Waals surface area contributed by atoms with Gasteiger partial charge in [0.15, 0.2) is 0 Å². The van der Waals surface area contributed by atoms with Gasteiger partial charge in [0.05, 0.1) is 19.3 Å².